The molecule has 0 aromatic carbocycles. The zero-order chi connectivity index (χ0) is 12.6. The van der Waals surface area contributed by atoms with Gasteiger partial charge in [-0.25, -0.2) is 0 Å². The van der Waals surface area contributed by atoms with Crippen LogP contribution in [0, 0.1) is 5.92 Å². The summed E-state index contributed by atoms with van der Waals surface area (Å²) in [6, 6.07) is 0.474. The lowest BCUT2D eigenvalue weighted by atomic mass is 10.0. The van der Waals surface area contributed by atoms with Crippen LogP contribution in [0.2, 0.25) is 0 Å². The van der Waals surface area contributed by atoms with Crippen molar-refractivity contribution < 1.29 is 0 Å². The van der Waals surface area contributed by atoms with Crippen molar-refractivity contribution in [3.63, 3.8) is 0 Å². The van der Waals surface area contributed by atoms with Crippen LogP contribution in [0.25, 0.3) is 0 Å². The van der Waals surface area contributed by atoms with Gasteiger partial charge < -0.3 is 16.0 Å². The minimum Gasteiger partial charge on any atom is -0.370 e. The molecule has 3 N–H and O–H groups in total. The van der Waals surface area contributed by atoms with Crippen LogP contribution in [0.3, 0.4) is 0 Å². The standard InChI is InChI=1S/C12H28N4.HI/c1-6-7-14-12(13)15-9-11(16(4)5)8-10(2)3;/h10-11H,6-9H2,1-5H3,(H3,13,14,15);1H. The van der Waals surface area contributed by atoms with E-state index < -0.39 is 0 Å². The molecule has 0 saturated heterocycles. The molecule has 0 aliphatic carbocycles. The highest BCUT2D eigenvalue weighted by Crippen LogP contribution is 2.09. The third-order valence-electron chi connectivity index (χ3n) is 2.50. The second-order valence-corrected chi connectivity index (χ2v) is 4.90. The van der Waals surface area contributed by atoms with Crippen LogP contribution in [0.15, 0.2) is 4.99 Å². The smallest absolute Gasteiger partial charge is 0.188 e. The summed E-state index contributed by atoms with van der Waals surface area (Å²) in [6.07, 6.45) is 2.22. The summed E-state index contributed by atoms with van der Waals surface area (Å²) in [5, 5.41) is 3.09. The first kappa shape index (κ1) is 19.3. The third-order valence-corrected chi connectivity index (χ3v) is 2.50. The molecule has 0 rings (SSSR count). The van der Waals surface area contributed by atoms with Gasteiger partial charge >= 0.3 is 0 Å². The number of guanidine groups is 1. The van der Waals surface area contributed by atoms with E-state index in [1.54, 1.807) is 0 Å². The maximum absolute atomic E-state index is 5.76. The lowest BCUT2D eigenvalue weighted by Gasteiger charge is -2.24. The molecular formula is C12H29IN4. The number of nitrogens with two attached hydrogens (primary N) is 1. The van der Waals surface area contributed by atoms with E-state index in [9.17, 15) is 0 Å². The van der Waals surface area contributed by atoms with Crippen LogP contribution in [0.4, 0.5) is 0 Å². The highest BCUT2D eigenvalue weighted by Gasteiger charge is 2.12. The first-order valence-electron chi connectivity index (χ1n) is 6.17. The van der Waals surface area contributed by atoms with E-state index in [1.807, 2.05) is 0 Å². The molecule has 0 heterocycles. The summed E-state index contributed by atoms with van der Waals surface area (Å²) in [7, 11) is 4.19. The van der Waals surface area contributed by atoms with Gasteiger partial charge in [-0.2, -0.15) is 0 Å². The van der Waals surface area contributed by atoms with Gasteiger partial charge in [0.2, 0.25) is 0 Å². The first-order valence-corrected chi connectivity index (χ1v) is 6.17. The molecule has 0 amide bonds. The van der Waals surface area contributed by atoms with Gasteiger partial charge in [-0.3, -0.25) is 4.99 Å². The Morgan fingerprint density at radius 2 is 1.94 bits per heavy atom. The Morgan fingerprint density at radius 3 is 2.35 bits per heavy atom. The van der Waals surface area contributed by atoms with E-state index in [0.29, 0.717) is 17.9 Å². The Bertz CT molecular complexity index is 205. The zero-order valence-corrected chi connectivity index (χ0v) is 14.2. The molecule has 0 aliphatic heterocycles. The average molecular weight is 356 g/mol. The van der Waals surface area contributed by atoms with Crippen molar-refractivity contribution in [2.24, 2.45) is 16.6 Å². The molecule has 0 aliphatic rings. The van der Waals surface area contributed by atoms with Crippen molar-refractivity contribution in [1.29, 1.82) is 0 Å². The van der Waals surface area contributed by atoms with Crippen LogP contribution in [0.1, 0.15) is 33.6 Å². The van der Waals surface area contributed by atoms with Gasteiger partial charge in [0.15, 0.2) is 5.96 Å². The Labute approximate surface area is 123 Å². The van der Waals surface area contributed by atoms with Crippen molar-refractivity contribution in [2.75, 3.05) is 27.2 Å². The maximum Gasteiger partial charge on any atom is 0.188 e. The lowest BCUT2D eigenvalue weighted by molar-refractivity contribution is 0.261. The van der Waals surface area contributed by atoms with E-state index in [2.05, 4.69) is 50.1 Å². The summed E-state index contributed by atoms with van der Waals surface area (Å²) in [6.45, 7) is 8.25. The van der Waals surface area contributed by atoms with Gasteiger partial charge in [-0.1, -0.05) is 20.8 Å². The van der Waals surface area contributed by atoms with Gasteiger partial charge in [0, 0.05) is 12.6 Å². The van der Waals surface area contributed by atoms with Crippen LogP contribution in [-0.2, 0) is 0 Å². The summed E-state index contributed by atoms with van der Waals surface area (Å²) >= 11 is 0. The van der Waals surface area contributed by atoms with Crippen LogP contribution in [-0.4, -0.2) is 44.1 Å². The Morgan fingerprint density at radius 1 is 1.35 bits per heavy atom. The largest absolute Gasteiger partial charge is 0.370 e. The van der Waals surface area contributed by atoms with Crippen molar-refractivity contribution in [2.45, 2.75) is 39.7 Å². The molecule has 0 spiro atoms. The fourth-order valence-corrected chi connectivity index (χ4v) is 1.51. The molecule has 5 heteroatoms. The van der Waals surface area contributed by atoms with Gasteiger partial charge in [-0.15, -0.1) is 24.0 Å². The second kappa shape index (κ2) is 11.1. The van der Waals surface area contributed by atoms with E-state index in [4.69, 9.17) is 5.73 Å². The number of rotatable bonds is 7. The normalized spacial score (nSPS) is 13.7. The molecule has 1 unspecified atom stereocenters. The van der Waals surface area contributed by atoms with E-state index in [-0.39, 0.29) is 24.0 Å². The van der Waals surface area contributed by atoms with E-state index in [1.165, 1.54) is 0 Å². The third kappa shape index (κ3) is 10.8. The number of nitrogens with one attached hydrogen (secondary N) is 1. The molecule has 0 aromatic rings. The van der Waals surface area contributed by atoms with Gasteiger partial charge in [0.1, 0.15) is 0 Å². The number of hydrogen-bond donors (Lipinski definition) is 2. The molecule has 17 heavy (non-hydrogen) atoms. The topological polar surface area (TPSA) is 53.6 Å². The molecule has 0 radical (unpaired) electrons. The fourth-order valence-electron chi connectivity index (χ4n) is 1.51. The van der Waals surface area contributed by atoms with Crippen LogP contribution >= 0.6 is 24.0 Å². The second-order valence-electron chi connectivity index (χ2n) is 4.90. The quantitative estimate of drug-likeness (QED) is 0.416. The zero-order valence-electron chi connectivity index (χ0n) is 11.9. The van der Waals surface area contributed by atoms with E-state index in [0.717, 1.165) is 25.9 Å². The Balaban J connectivity index is 0. The van der Waals surface area contributed by atoms with Crippen molar-refractivity contribution in [3.8, 4) is 0 Å². The Hall–Kier alpha value is -0.0400. The van der Waals surface area contributed by atoms with Gasteiger partial charge in [0.05, 0.1) is 6.54 Å². The summed E-state index contributed by atoms with van der Waals surface area (Å²) in [4.78, 5) is 6.60. The molecule has 0 aromatic heterocycles. The minimum atomic E-state index is 0. The molecule has 0 fully saturated rings. The number of hydrogen-bond acceptors (Lipinski definition) is 2. The monoisotopic (exact) mass is 356 g/mol. The minimum absolute atomic E-state index is 0. The molecule has 4 nitrogen and oxygen atoms in total. The summed E-state index contributed by atoms with van der Waals surface area (Å²) < 4.78 is 0. The molecular weight excluding hydrogens is 327 g/mol. The number of nitrogens with zero attached hydrogens (tertiary/aromatic N) is 2. The highest BCUT2D eigenvalue weighted by atomic mass is 127. The van der Waals surface area contributed by atoms with Gasteiger partial charge in [0.25, 0.3) is 0 Å². The van der Waals surface area contributed by atoms with Gasteiger partial charge in [-0.05, 0) is 32.9 Å². The summed E-state index contributed by atoms with van der Waals surface area (Å²) in [5.74, 6) is 1.25. The van der Waals surface area contributed by atoms with Crippen molar-refractivity contribution in [3.05, 3.63) is 0 Å². The molecule has 0 bridgehead atoms. The predicted molar refractivity (Wildman–Crippen MR) is 87.1 cm³/mol. The first-order chi connectivity index (χ1) is 7.47. The fraction of sp³-hybridized carbons (Fsp3) is 0.917. The number of aliphatic imine (C=N–C) groups is 1. The molecule has 0 saturated carbocycles. The maximum atomic E-state index is 5.76. The average Bonchev–Trinajstić information content (AvgIpc) is 2.20. The highest BCUT2D eigenvalue weighted by molar-refractivity contribution is 14.0. The number of likely N-dealkylation sites (N-methyl/N-ethyl adjacent to an activating group) is 1. The number of halogens is 1. The van der Waals surface area contributed by atoms with Crippen LogP contribution in [0.5, 0.6) is 0 Å². The predicted octanol–water partition coefficient (Wildman–Crippen LogP) is 1.90. The SMILES string of the molecule is CCCNC(N)=NCC(CC(C)C)N(C)C.I. The molecule has 104 valence electrons. The van der Waals surface area contributed by atoms with Crippen molar-refractivity contribution in [1.82, 2.24) is 10.2 Å². The lowest BCUT2D eigenvalue weighted by Crippen LogP contribution is -2.36. The van der Waals surface area contributed by atoms with E-state index >= 15 is 0 Å². The van der Waals surface area contributed by atoms with Crippen molar-refractivity contribution >= 4 is 29.9 Å². The summed E-state index contributed by atoms with van der Waals surface area (Å²) in [5.41, 5.74) is 5.76. The molecule has 1 atom stereocenters. The Kier molecular flexibility index (Phi) is 12.6. The van der Waals surface area contributed by atoms with Crippen LogP contribution < -0.4 is 11.1 Å².